The Morgan fingerprint density at radius 1 is 1.28 bits per heavy atom. The van der Waals surface area contributed by atoms with Crippen molar-refractivity contribution in [1.29, 1.82) is 0 Å². The molecule has 0 spiro atoms. The molecule has 2 rings (SSSR count). The molecule has 0 radical (unpaired) electrons. The number of nitrogens with zero attached hydrogens (tertiary/aromatic N) is 5. The number of nitrogens with one attached hydrogen (secondary N) is 1. The smallest absolute Gasteiger partial charge is 0.230 e. The number of benzene rings is 1. The van der Waals surface area contributed by atoms with E-state index in [1.165, 1.54) is 17.3 Å². The molecule has 1 N–H and O–H groups in total. The van der Waals surface area contributed by atoms with Gasteiger partial charge in [-0.2, -0.15) is 0 Å². The number of hydrogen-bond donors (Lipinski definition) is 1. The number of aromatic nitrogens is 4. The normalized spacial score (nSPS) is 13.0. The molecule has 136 valence electrons. The first-order chi connectivity index (χ1) is 11.8. The van der Waals surface area contributed by atoms with E-state index in [2.05, 4.69) is 37.9 Å². The summed E-state index contributed by atoms with van der Waals surface area (Å²) < 4.78 is 1.73. The van der Waals surface area contributed by atoms with Crippen molar-refractivity contribution in [3.8, 4) is 0 Å². The van der Waals surface area contributed by atoms with Crippen molar-refractivity contribution in [2.24, 2.45) is 0 Å². The molecule has 0 aliphatic rings. The van der Waals surface area contributed by atoms with Crippen LogP contribution in [0.5, 0.6) is 0 Å². The average molecular weight is 363 g/mol. The number of rotatable bonds is 7. The Labute approximate surface area is 153 Å². The van der Waals surface area contributed by atoms with Crippen molar-refractivity contribution in [2.75, 3.05) is 26.4 Å². The molecule has 0 saturated carbocycles. The molecule has 0 saturated heterocycles. The van der Waals surface area contributed by atoms with Crippen LogP contribution in [0.15, 0.2) is 35.5 Å². The van der Waals surface area contributed by atoms with Gasteiger partial charge in [-0.05, 0) is 50.9 Å². The molecule has 0 aliphatic heterocycles. The highest BCUT2D eigenvalue weighted by Gasteiger charge is 2.21. The van der Waals surface area contributed by atoms with Crippen LogP contribution in [0, 0.1) is 0 Å². The maximum Gasteiger partial charge on any atom is 0.230 e. The van der Waals surface area contributed by atoms with E-state index in [0.717, 1.165) is 0 Å². The van der Waals surface area contributed by atoms with Crippen molar-refractivity contribution in [2.45, 2.75) is 37.5 Å². The standard InChI is InChI=1S/C17H26N6OS/c1-17(2,3)23-16(19-20-21-23)25-12-15(24)18-11-14(22(4)5)13-9-7-6-8-10-13/h6-10,14H,11-12H2,1-5H3,(H,18,24)/t14-/m0/s1. The van der Waals surface area contributed by atoms with Crippen LogP contribution in [0.1, 0.15) is 32.4 Å². The Hall–Kier alpha value is -1.93. The SMILES string of the molecule is CN(C)[C@@H](CNC(=O)CSc1nnnn1C(C)(C)C)c1ccccc1. The number of tetrazole rings is 1. The summed E-state index contributed by atoms with van der Waals surface area (Å²) in [6, 6.07) is 10.3. The van der Waals surface area contributed by atoms with Crippen LogP contribution in [-0.4, -0.2) is 57.4 Å². The number of carbonyl (C=O) groups excluding carboxylic acids is 1. The van der Waals surface area contributed by atoms with Crippen LogP contribution < -0.4 is 5.32 Å². The highest BCUT2D eigenvalue weighted by Crippen LogP contribution is 2.21. The summed E-state index contributed by atoms with van der Waals surface area (Å²) in [5.74, 6) is 0.252. The van der Waals surface area contributed by atoms with E-state index < -0.39 is 0 Å². The van der Waals surface area contributed by atoms with Gasteiger partial charge in [-0.1, -0.05) is 42.1 Å². The number of amides is 1. The molecule has 8 heteroatoms. The van der Waals surface area contributed by atoms with Gasteiger partial charge in [-0.15, -0.1) is 5.10 Å². The molecule has 0 aliphatic carbocycles. The van der Waals surface area contributed by atoms with Crippen LogP contribution >= 0.6 is 11.8 Å². The van der Waals surface area contributed by atoms with E-state index >= 15 is 0 Å². The molecule has 25 heavy (non-hydrogen) atoms. The van der Waals surface area contributed by atoms with Gasteiger partial charge in [0.25, 0.3) is 0 Å². The highest BCUT2D eigenvalue weighted by atomic mass is 32.2. The first-order valence-electron chi connectivity index (χ1n) is 8.19. The average Bonchev–Trinajstić information content (AvgIpc) is 3.02. The second kappa shape index (κ2) is 8.44. The Morgan fingerprint density at radius 2 is 1.96 bits per heavy atom. The second-order valence-electron chi connectivity index (χ2n) is 7.03. The zero-order valence-electron chi connectivity index (χ0n) is 15.4. The summed E-state index contributed by atoms with van der Waals surface area (Å²) in [7, 11) is 4.02. The number of hydrogen-bond acceptors (Lipinski definition) is 6. The summed E-state index contributed by atoms with van der Waals surface area (Å²) in [6.45, 7) is 6.62. The Bertz CT molecular complexity index is 680. The van der Waals surface area contributed by atoms with Gasteiger partial charge in [0.1, 0.15) is 0 Å². The minimum atomic E-state index is -0.217. The summed E-state index contributed by atoms with van der Waals surface area (Å²) in [5.41, 5.74) is 0.961. The molecule has 1 atom stereocenters. The first kappa shape index (κ1) is 19.4. The van der Waals surface area contributed by atoms with Crippen LogP contribution in [0.25, 0.3) is 0 Å². The third kappa shape index (κ3) is 5.54. The van der Waals surface area contributed by atoms with E-state index in [9.17, 15) is 4.79 Å². The van der Waals surface area contributed by atoms with Crippen LogP contribution in [-0.2, 0) is 10.3 Å². The predicted molar refractivity (Wildman–Crippen MR) is 99.4 cm³/mol. The van der Waals surface area contributed by atoms with E-state index in [1.54, 1.807) is 4.68 Å². The lowest BCUT2D eigenvalue weighted by molar-refractivity contribution is -0.118. The molecule has 1 aromatic carbocycles. The minimum Gasteiger partial charge on any atom is -0.353 e. The molecule has 0 bridgehead atoms. The number of thioether (sulfide) groups is 1. The summed E-state index contributed by atoms with van der Waals surface area (Å²) in [4.78, 5) is 14.3. The maximum atomic E-state index is 12.2. The molecular weight excluding hydrogens is 336 g/mol. The van der Waals surface area contributed by atoms with E-state index in [1.807, 2.05) is 53.1 Å². The summed E-state index contributed by atoms with van der Waals surface area (Å²) >= 11 is 1.35. The van der Waals surface area contributed by atoms with Gasteiger partial charge < -0.3 is 10.2 Å². The van der Waals surface area contributed by atoms with Crippen molar-refractivity contribution in [3.05, 3.63) is 35.9 Å². The number of likely N-dealkylation sites (N-methyl/N-ethyl adjacent to an activating group) is 1. The van der Waals surface area contributed by atoms with Crippen molar-refractivity contribution in [1.82, 2.24) is 30.4 Å². The van der Waals surface area contributed by atoms with Gasteiger partial charge in [0.2, 0.25) is 11.1 Å². The van der Waals surface area contributed by atoms with Gasteiger partial charge in [-0.3, -0.25) is 4.79 Å². The third-order valence-corrected chi connectivity index (χ3v) is 4.63. The van der Waals surface area contributed by atoms with Crippen LogP contribution in [0.2, 0.25) is 0 Å². The molecule has 7 nitrogen and oxygen atoms in total. The fourth-order valence-corrected chi connectivity index (χ4v) is 3.24. The van der Waals surface area contributed by atoms with Gasteiger partial charge in [0, 0.05) is 6.54 Å². The van der Waals surface area contributed by atoms with Crippen molar-refractivity contribution >= 4 is 17.7 Å². The summed E-state index contributed by atoms with van der Waals surface area (Å²) in [6.07, 6.45) is 0. The quantitative estimate of drug-likeness (QED) is 0.759. The molecule has 1 amide bonds. The summed E-state index contributed by atoms with van der Waals surface area (Å²) in [5, 5.41) is 15.4. The number of carbonyl (C=O) groups is 1. The molecule has 0 fully saturated rings. The highest BCUT2D eigenvalue weighted by molar-refractivity contribution is 7.99. The first-order valence-corrected chi connectivity index (χ1v) is 9.17. The van der Waals surface area contributed by atoms with Crippen LogP contribution in [0.4, 0.5) is 0 Å². The Balaban J connectivity index is 1.89. The maximum absolute atomic E-state index is 12.2. The zero-order chi connectivity index (χ0) is 18.4. The second-order valence-corrected chi connectivity index (χ2v) is 7.97. The van der Waals surface area contributed by atoms with Gasteiger partial charge in [0.15, 0.2) is 0 Å². The third-order valence-electron chi connectivity index (χ3n) is 3.71. The lowest BCUT2D eigenvalue weighted by Crippen LogP contribution is -2.35. The molecule has 1 heterocycles. The Morgan fingerprint density at radius 3 is 2.56 bits per heavy atom. The lowest BCUT2D eigenvalue weighted by Gasteiger charge is -2.25. The molecular formula is C17H26N6OS. The minimum absolute atomic E-state index is 0.0313. The molecule has 1 aromatic heterocycles. The fraction of sp³-hybridized carbons (Fsp3) is 0.529. The molecule has 2 aromatic rings. The topological polar surface area (TPSA) is 75.9 Å². The monoisotopic (exact) mass is 362 g/mol. The fourth-order valence-electron chi connectivity index (χ4n) is 2.36. The lowest BCUT2D eigenvalue weighted by atomic mass is 10.1. The van der Waals surface area contributed by atoms with Gasteiger partial charge in [0.05, 0.1) is 17.3 Å². The van der Waals surface area contributed by atoms with Gasteiger partial charge in [-0.25, -0.2) is 4.68 Å². The Kier molecular flexibility index (Phi) is 6.55. The van der Waals surface area contributed by atoms with E-state index in [4.69, 9.17) is 0 Å². The van der Waals surface area contributed by atoms with Crippen molar-refractivity contribution < 1.29 is 4.79 Å². The van der Waals surface area contributed by atoms with E-state index in [-0.39, 0.29) is 23.2 Å². The zero-order valence-corrected chi connectivity index (χ0v) is 16.2. The molecule has 0 unspecified atom stereocenters. The largest absolute Gasteiger partial charge is 0.353 e. The van der Waals surface area contributed by atoms with Gasteiger partial charge >= 0.3 is 0 Å². The van der Waals surface area contributed by atoms with E-state index in [0.29, 0.717) is 11.7 Å². The van der Waals surface area contributed by atoms with Crippen LogP contribution in [0.3, 0.4) is 0 Å². The predicted octanol–water partition coefficient (Wildman–Crippen LogP) is 1.94. The van der Waals surface area contributed by atoms with Crippen molar-refractivity contribution in [3.63, 3.8) is 0 Å².